The van der Waals surface area contributed by atoms with Gasteiger partial charge < -0.3 is 9.64 Å². The van der Waals surface area contributed by atoms with Gasteiger partial charge in [0.1, 0.15) is 0 Å². The van der Waals surface area contributed by atoms with Crippen molar-refractivity contribution in [2.45, 2.75) is 50.3 Å². The Morgan fingerprint density at radius 3 is 2.74 bits per heavy atom. The highest BCUT2D eigenvalue weighted by Crippen LogP contribution is 2.42. The number of hydrazine groups is 1. The van der Waals surface area contributed by atoms with Crippen LogP contribution < -0.4 is 11.3 Å². The van der Waals surface area contributed by atoms with Crippen molar-refractivity contribution >= 4 is 11.8 Å². The highest BCUT2D eigenvalue weighted by Gasteiger charge is 2.46. The van der Waals surface area contributed by atoms with Crippen molar-refractivity contribution in [3.63, 3.8) is 0 Å². The molecule has 2 saturated heterocycles. The Labute approximate surface area is 121 Å². The summed E-state index contributed by atoms with van der Waals surface area (Å²) in [5.74, 6) is 8.88. The monoisotopic (exact) mass is 287 g/mol. The Balaban J connectivity index is 2.10. The second-order valence-corrected chi connectivity index (χ2v) is 7.88. The summed E-state index contributed by atoms with van der Waals surface area (Å²) in [6, 6.07) is 0.300. The Kier molecular flexibility index (Phi) is 4.83. The molecule has 4 nitrogen and oxygen atoms in total. The molecule has 0 radical (unpaired) electrons. The predicted octanol–water partition coefficient (Wildman–Crippen LogP) is 1.46. The average Bonchev–Trinajstić information content (AvgIpc) is 2.77. The molecule has 2 rings (SSSR count). The van der Waals surface area contributed by atoms with E-state index >= 15 is 0 Å². The minimum absolute atomic E-state index is 0.0453. The van der Waals surface area contributed by atoms with Gasteiger partial charge in [0.25, 0.3) is 0 Å². The minimum atomic E-state index is 0.0453. The third-order valence-electron chi connectivity index (χ3n) is 5.16. The maximum absolute atomic E-state index is 6.12. The third kappa shape index (κ3) is 3.10. The van der Waals surface area contributed by atoms with Crippen molar-refractivity contribution in [1.82, 2.24) is 10.3 Å². The fourth-order valence-corrected chi connectivity index (χ4v) is 4.79. The Morgan fingerprint density at radius 1 is 1.47 bits per heavy atom. The van der Waals surface area contributed by atoms with Crippen LogP contribution in [0.4, 0.5) is 0 Å². The van der Waals surface area contributed by atoms with Crippen LogP contribution in [0.15, 0.2) is 0 Å². The van der Waals surface area contributed by atoms with Crippen molar-refractivity contribution < 1.29 is 4.74 Å². The number of nitrogens with zero attached hydrogens (tertiary/aromatic N) is 1. The Hall–Kier alpha value is 0.190. The van der Waals surface area contributed by atoms with Gasteiger partial charge in [-0.25, -0.2) is 0 Å². The fourth-order valence-electron chi connectivity index (χ4n) is 3.41. The van der Waals surface area contributed by atoms with Gasteiger partial charge in [-0.05, 0) is 58.9 Å². The molecule has 0 aromatic carbocycles. The number of nitrogens with one attached hydrogen (secondary N) is 1. The van der Waals surface area contributed by atoms with Gasteiger partial charge in [-0.2, -0.15) is 11.8 Å². The second kappa shape index (κ2) is 5.90. The molecule has 5 heteroatoms. The molecule has 2 aliphatic heterocycles. The smallest absolute Gasteiger partial charge is 0.0783 e. The SMILES string of the molecule is CN(C)C(C)(C)C(NN)C1CCOC2(CCSC2)C1. The summed E-state index contributed by atoms with van der Waals surface area (Å²) in [7, 11) is 4.26. The number of thioether (sulfide) groups is 1. The van der Waals surface area contributed by atoms with Gasteiger partial charge in [-0.3, -0.25) is 11.3 Å². The van der Waals surface area contributed by atoms with E-state index in [2.05, 4.69) is 38.3 Å². The first kappa shape index (κ1) is 15.6. The largest absolute Gasteiger partial charge is 0.374 e. The van der Waals surface area contributed by atoms with Crippen LogP contribution in [0.25, 0.3) is 0 Å². The molecule has 19 heavy (non-hydrogen) atoms. The van der Waals surface area contributed by atoms with Crippen molar-refractivity contribution in [1.29, 1.82) is 0 Å². The van der Waals surface area contributed by atoms with E-state index in [4.69, 9.17) is 10.6 Å². The normalized spacial score (nSPS) is 34.1. The van der Waals surface area contributed by atoms with Crippen LogP contribution >= 0.6 is 11.8 Å². The molecule has 3 atom stereocenters. The van der Waals surface area contributed by atoms with Crippen LogP contribution in [-0.4, -0.2) is 54.3 Å². The van der Waals surface area contributed by atoms with Crippen LogP contribution in [0.1, 0.15) is 33.1 Å². The van der Waals surface area contributed by atoms with Gasteiger partial charge >= 0.3 is 0 Å². The number of ether oxygens (including phenoxy) is 1. The van der Waals surface area contributed by atoms with Gasteiger partial charge in [0.15, 0.2) is 0 Å². The average molecular weight is 287 g/mol. The summed E-state index contributed by atoms with van der Waals surface area (Å²) in [6.45, 7) is 5.42. The number of hydrogen-bond acceptors (Lipinski definition) is 5. The molecule has 0 amide bonds. The van der Waals surface area contributed by atoms with Gasteiger partial charge in [-0.1, -0.05) is 0 Å². The highest BCUT2D eigenvalue weighted by atomic mass is 32.2. The zero-order chi connectivity index (χ0) is 14.1. The highest BCUT2D eigenvalue weighted by molar-refractivity contribution is 7.99. The van der Waals surface area contributed by atoms with Crippen molar-refractivity contribution in [3.8, 4) is 0 Å². The first-order valence-electron chi connectivity index (χ1n) is 7.26. The van der Waals surface area contributed by atoms with Crippen molar-refractivity contribution in [2.24, 2.45) is 11.8 Å². The van der Waals surface area contributed by atoms with E-state index in [1.165, 1.54) is 12.2 Å². The summed E-state index contributed by atoms with van der Waals surface area (Å²) < 4.78 is 6.12. The maximum atomic E-state index is 6.12. The molecule has 0 aliphatic carbocycles. The molecule has 0 saturated carbocycles. The number of hydrogen-bond donors (Lipinski definition) is 2. The van der Waals surface area contributed by atoms with Crippen LogP contribution in [0, 0.1) is 5.92 Å². The zero-order valence-electron chi connectivity index (χ0n) is 12.7. The molecule has 0 aromatic heterocycles. The molecule has 0 aromatic rings. The zero-order valence-corrected chi connectivity index (χ0v) is 13.6. The quantitative estimate of drug-likeness (QED) is 0.606. The van der Waals surface area contributed by atoms with E-state index in [1.54, 1.807) is 0 Å². The molecular weight excluding hydrogens is 258 g/mol. The van der Waals surface area contributed by atoms with Crippen LogP contribution in [0.5, 0.6) is 0 Å². The molecular formula is C14H29N3OS. The van der Waals surface area contributed by atoms with Gasteiger partial charge in [-0.15, -0.1) is 0 Å². The molecule has 3 unspecified atom stereocenters. The predicted molar refractivity (Wildman–Crippen MR) is 82.2 cm³/mol. The standard InChI is InChI=1S/C14H29N3OS/c1-13(2,17(3)4)12(16-15)11-5-7-18-14(9-11)6-8-19-10-14/h11-12,16H,5-10,15H2,1-4H3. The molecule has 1 spiro atoms. The van der Waals surface area contributed by atoms with E-state index in [0.29, 0.717) is 12.0 Å². The molecule has 2 aliphatic rings. The molecule has 2 fully saturated rings. The summed E-state index contributed by atoms with van der Waals surface area (Å²) in [5, 5.41) is 0. The lowest BCUT2D eigenvalue weighted by atomic mass is 9.75. The van der Waals surface area contributed by atoms with Crippen molar-refractivity contribution in [3.05, 3.63) is 0 Å². The number of likely N-dealkylation sites (N-methyl/N-ethyl adjacent to an activating group) is 1. The van der Waals surface area contributed by atoms with Gasteiger partial charge in [0, 0.05) is 23.9 Å². The molecule has 112 valence electrons. The molecule has 2 heterocycles. The lowest BCUT2D eigenvalue weighted by Crippen LogP contribution is -2.62. The minimum Gasteiger partial charge on any atom is -0.374 e. The lowest BCUT2D eigenvalue weighted by molar-refractivity contribution is -0.0936. The van der Waals surface area contributed by atoms with Crippen LogP contribution in [0.2, 0.25) is 0 Å². The van der Waals surface area contributed by atoms with E-state index in [1.807, 2.05) is 11.8 Å². The molecule has 3 N–H and O–H groups in total. The van der Waals surface area contributed by atoms with Crippen LogP contribution in [0.3, 0.4) is 0 Å². The summed E-state index contributed by atoms with van der Waals surface area (Å²) in [6.07, 6.45) is 3.46. The van der Waals surface area contributed by atoms with E-state index < -0.39 is 0 Å². The Bertz CT molecular complexity index is 303. The van der Waals surface area contributed by atoms with E-state index in [0.717, 1.165) is 25.2 Å². The Morgan fingerprint density at radius 2 is 2.21 bits per heavy atom. The topological polar surface area (TPSA) is 50.5 Å². The fraction of sp³-hybridized carbons (Fsp3) is 1.00. The van der Waals surface area contributed by atoms with E-state index in [9.17, 15) is 0 Å². The summed E-state index contributed by atoms with van der Waals surface area (Å²) in [5.41, 5.74) is 3.27. The number of nitrogens with two attached hydrogens (primary N) is 1. The first-order chi connectivity index (χ1) is 8.91. The van der Waals surface area contributed by atoms with E-state index in [-0.39, 0.29) is 11.1 Å². The summed E-state index contributed by atoms with van der Waals surface area (Å²) in [4.78, 5) is 2.27. The first-order valence-corrected chi connectivity index (χ1v) is 8.42. The third-order valence-corrected chi connectivity index (χ3v) is 6.39. The second-order valence-electron chi connectivity index (χ2n) is 6.78. The summed E-state index contributed by atoms with van der Waals surface area (Å²) >= 11 is 2.03. The maximum Gasteiger partial charge on any atom is 0.0783 e. The van der Waals surface area contributed by atoms with Crippen LogP contribution in [-0.2, 0) is 4.74 Å². The van der Waals surface area contributed by atoms with Crippen molar-refractivity contribution in [2.75, 3.05) is 32.2 Å². The van der Waals surface area contributed by atoms with Gasteiger partial charge in [0.2, 0.25) is 0 Å². The lowest BCUT2D eigenvalue weighted by Gasteiger charge is -2.48. The molecule has 0 bridgehead atoms. The number of rotatable bonds is 4. The van der Waals surface area contributed by atoms with Gasteiger partial charge in [0.05, 0.1) is 5.60 Å².